The number of rotatable bonds is 3. The van der Waals surface area contributed by atoms with Crippen molar-refractivity contribution in [3.05, 3.63) is 35.6 Å². The average Bonchev–Trinajstić information content (AvgIpc) is 3.20. The number of carboxylic acids is 1. The van der Waals surface area contributed by atoms with Crippen molar-refractivity contribution in [2.75, 3.05) is 13.1 Å². The van der Waals surface area contributed by atoms with Gasteiger partial charge in [-0.15, -0.1) is 0 Å². The van der Waals surface area contributed by atoms with Gasteiger partial charge < -0.3 is 14.4 Å². The molecule has 1 aromatic carbocycles. The van der Waals surface area contributed by atoms with Crippen LogP contribution in [0.15, 0.2) is 28.7 Å². The first-order valence-electron chi connectivity index (χ1n) is 8.06. The van der Waals surface area contributed by atoms with Crippen LogP contribution in [0.2, 0.25) is 0 Å². The fourth-order valence-electron chi connectivity index (χ4n) is 3.78. The van der Waals surface area contributed by atoms with Crippen molar-refractivity contribution in [1.82, 2.24) is 4.90 Å². The molecule has 2 aromatic rings. The summed E-state index contributed by atoms with van der Waals surface area (Å²) in [5, 5.41) is 10.4. The quantitative estimate of drug-likeness (QED) is 0.946. The van der Waals surface area contributed by atoms with Crippen LogP contribution in [0.5, 0.6) is 0 Å². The minimum atomic E-state index is -0.793. The van der Waals surface area contributed by atoms with Crippen LogP contribution in [-0.4, -0.2) is 35.0 Å². The molecule has 0 unspecified atom stereocenters. The molecule has 2 heterocycles. The lowest BCUT2D eigenvalue weighted by atomic mass is 9.92. The standard InChI is InChI=1S/C18H19NO4/c1-10-12-4-2-3-5-15(12)23-16(10)17(20)19-8-13(11-6-7-11)14(9-19)18(21)22/h2-5,11,13-14H,6-9H2,1H3,(H,21,22)/t13-,14+/m1/s1. The topological polar surface area (TPSA) is 70.8 Å². The second-order valence-corrected chi connectivity index (χ2v) is 6.71. The van der Waals surface area contributed by atoms with Crippen molar-refractivity contribution >= 4 is 22.8 Å². The molecule has 2 atom stereocenters. The SMILES string of the molecule is Cc1c(C(=O)N2C[C@H](C(=O)O)[C@@H](C3CC3)C2)oc2ccccc12. The molecule has 1 N–H and O–H groups in total. The van der Waals surface area contributed by atoms with Gasteiger partial charge in [0.15, 0.2) is 5.76 Å². The molecule has 0 spiro atoms. The molecule has 2 fully saturated rings. The van der Waals surface area contributed by atoms with Crippen LogP contribution >= 0.6 is 0 Å². The van der Waals surface area contributed by atoms with Gasteiger partial charge in [0.2, 0.25) is 0 Å². The smallest absolute Gasteiger partial charge is 0.308 e. The molecule has 0 bridgehead atoms. The molecule has 1 aromatic heterocycles. The Kier molecular flexibility index (Phi) is 3.18. The number of hydrogen-bond donors (Lipinski definition) is 1. The third-order valence-electron chi connectivity index (χ3n) is 5.23. The number of hydrogen-bond acceptors (Lipinski definition) is 3. The summed E-state index contributed by atoms with van der Waals surface area (Å²) in [6.45, 7) is 2.69. The predicted molar refractivity (Wildman–Crippen MR) is 84.2 cm³/mol. The number of aliphatic carboxylic acids is 1. The van der Waals surface area contributed by atoms with E-state index in [9.17, 15) is 14.7 Å². The van der Waals surface area contributed by atoms with Gasteiger partial charge in [-0.25, -0.2) is 0 Å². The van der Waals surface area contributed by atoms with Gasteiger partial charge in [0.25, 0.3) is 5.91 Å². The number of furan rings is 1. The monoisotopic (exact) mass is 313 g/mol. The summed E-state index contributed by atoms with van der Waals surface area (Å²) in [4.78, 5) is 26.0. The molecular formula is C18H19NO4. The Morgan fingerprint density at radius 2 is 1.96 bits per heavy atom. The van der Waals surface area contributed by atoms with Gasteiger partial charge in [-0.2, -0.15) is 0 Å². The fourth-order valence-corrected chi connectivity index (χ4v) is 3.78. The largest absolute Gasteiger partial charge is 0.481 e. The van der Waals surface area contributed by atoms with Crippen molar-refractivity contribution in [2.45, 2.75) is 19.8 Å². The van der Waals surface area contributed by atoms with Crippen LogP contribution < -0.4 is 0 Å². The van der Waals surface area contributed by atoms with E-state index in [2.05, 4.69) is 0 Å². The van der Waals surface area contributed by atoms with E-state index in [4.69, 9.17) is 4.42 Å². The maximum Gasteiger partial charge on any atom is 0.308 e. The number of carbonyl (C=O) groups excluding carboxylic acids is 1. The van der Waals surface area contributed by atoms with E-state index in [1.165, 1.54) is 0 Å². The number of benzene rings is 1. The molecule has 4 rings (SSSR count). The van der Waals surface area contributed by atoms with E-state index in [0.717, 1.165) is 23.8 Å². The first-order valence-corrected chi connectivity index (χ1v) is 8.06. The van der Waals surface area contributed by atoms with E-state index >= 15 is 0 Å². The Morgan fingerprint density at radius 1 is 1.22 bits per heavy atom. The summed E-state index contributed by atoms with van der Waals surface area (Å²) in [7, 11) is 0. The van der Waals surface area contributed by atoms with E-state index in [1.807, 2.05) is 31.2 Å². The number of nitrogens with zero attached hydrogens (tertiary/aromatic N) is 1. The molecule has 5 heteroatoms. The molecule has 1 aliphatic carbocycles. The summed E-state index contributed by atoms with van der Waals surface area (Å²) >= 11 is 0. The van der Waals surface area contributed by atoms with Crippen molar-refractivity contribution in [1.29, 1.82) is 0 Å². The van der Waals surface area contributed by atoms with E-state index < -0.39 is 11.9 Å². The number of carboxylic acid groups (broad SMARTS) is 1. The summed E-state index contributed by atoms with van der Waals surface area (Å²) in [6, 6.07) is 7.57. The number of amides is 1. The minimum absolute atomic E-state index is 0.0844. The Bertz CT molecular complexity index is 789. The van der Waals surface area contributed by atoms with Crippen LogP contribution in [0.1, 0.15) is 29.0 Å². The van der Waals surface area contributed by atoms with Crippen LogP contribution in [0.25, 0.3) is 11.0 Å². The molecule has 1 amide bonds. The van der Waals surface area contributed by atoms with E-state index in [1.54, 1.807) is 4.90 Å². The minimum Gasteiger partial charge on any atom is -0.481 e. The number of likely N-dealkylation sites (tertiary alicyclic amines) is 1. The second kappa shape index (κ2) is 5.11. The number of fused-ring (bicyclic) bond motifs is 1. The average molecular weight is 313 g/mol. The van der Waals surface area contributed by atoms with Crippen molar-refractivity contribution < 1.29 is 19.1 Å². The summed E-state index contributed by atoms with van der Waals surface area (Å²) in [5.74, 6) is -0.540. The molecule has 120 valence electrons. The van der Waals surface area contributed by atoms with Gasteiger partial charge in [-0.1, -0.05) is 18.2 Å². The third-order valence-corrected chi connectivity index (χ3v) is 5.23. The summed E-state index contributed by atoms with van der Waals surface area (Å²) in [5.41, 5.74) is 1.52. The molecule has 1 aliphatic heterocycles. The van der Waals surface area contributed by atoms with Crippen LogP contribution in [0, 0.1) is 24.7 Å². The first-order chi connectivity index (χ1) is 11.1. The van der Waals surface area contributed by atoms with Gasteiger partial charge in [-0.3, -0.25) is 9.59 Å². The van der Waals surface area contributed by atoms with Crippen LogP contribution in [0.4, 0.5) is 0 Å². The van der Waals surface area contributed by atoms with Crippen LogP contribution in [0.3, 0.4) is 0 Å². The lowest BCUT2D eigenvalue weighted by Gasteiger charge is -2.15. The van der Waals surface area contributed by atoms with Crippen molar-refractivity contribution in [3.63, 3.8) is 0 Å². The van der Waals surface area contributed by atoms with E-state index in [-0.39, 0.29) is 18.4 Å². The lowest BCUT2D eigenvalue weighted by molar-refractivity contribution is -0.142. The Morgan fingerprint density at radius 3 is 2.61 bits per heavy atom. The summed E-state index contributed by atoms with van der Waals surface area (Å²) < 4.78 is 5.74. The zero-order chi connectivity index (χ0) is 16.1. The highest BCUT2D eigenvalue weighted by Crippen LogP contribution is 2.44. The highest BCUT2D eigenvalue weighted by Gasteiger charge is 2.47. The number of carbonyl (C=O) groups is 2. The zero-order valence-corrected chi connectivity index (χ0v) is 13.0. The van der Waals surface area contributed by atoms with Gasteiger partial charge in [0.1, 0.15) is 5.58 Å². The zero-order valence-electron chi connectivity index (χ0n) is 13.0. The number of aryl methyl sites for hydroxylation is 1. The lowest BCUT2D eigenvalue weighted by Crippen LogP contribution is -2.30. The van der Waals surface area contributed by atoms with Gasteiger partial charge in [0, 0.05) is 24.0 Å². The van der Waals surface area contributed by atoms with Gasteiger partial charge >= 0.3 is 5.97 Å². The first kappa shape index (κ1) is 14.3. The predicted octanol–water partition coefficient (Wildman–Crippen LogP) is 2.92. The van der Waals surface area contributed by atoms with Gasteiger partial charge in [-0.05, 0) is 37.7 Å². The molecule has 5 nitrogen and oxygen atoms in total. The molecule has 1 saturated heterocycles. The number of para-hydroxylation sites is 1. The Balaban J connectivity index is 1.63. The maximum atomic E-state index is 12.8. The molecular weight excluding hydrogens is 294 g/mol. The normalized spacial score (nSPS) is 24.3. The Labute approximate surface area is 133 Å². The highest BCUT2D eigenvalue weighted by atomic mass is 16.4. The molecule has 0 radical (unpaired) electrons. The molecule has 1 saturated carbocycles. The van der Waals surface area contributed by atoms with Gasteiger partial charge in [0.05, 0.1) is 5.92 Å². The Hall–Kier alpha value is -2.30. The van der Waals surface area contributed by atoms with E-state index in [0.29, 0.717) is 23.8 Å². The maximum absolute atomic E-state index is 12.8. The third kappa shape index (κ3) is 2.31. The molecule has 23 heavy (non-hydrogen) atoms. The second-order valence-electron chi connectivity index (χ2n) is 6.71. The van der Waals surface area contributed by atoms with Crippen LogP contribution in [-0.2, 0) is 4.79 Å². The van der Waals surface area contributed by atoms with Crippen molar-refractivity contribution in [3.8, 4) is 0 Å². The molecule has 2 aliphatic rings. The fraction of sp³-hybridized carbons (Fsp3) is 0.444. The highest BCUT2D eigenvalue weighted by molar-refractivity contribution is 5.99. The summed E-state index contributed by atoms with van der Waals surface area (Å²) in [6.07, 6.45) is 2.17. The van der Waals surface area contributed by atoms with Crippen molar-refractivity contribution in [2.24, 2.45) is 17.8 Å².